The van der Waals surface area contributed by atoms with Gasteiger partial charge >= 0.3 is 5.97 Å². The maximum Gasteiger partial charge on any atom is 0.323 e. The lowest BCUT2D eigenvalue weighted by atomic mass is 10.1. The van der Waals surface area contributed by atoms with Crippen LogP contribution in [-0.4, -0.2) is 18.6 Å². The fourth-order valence-corrected chi connectivity index (χ4v) is 3.17. The van der Waals surface area contributed by atoms with E-state index in [1.807, 2.05) is 30.3 Å². The summed E-state index contributed by atoms with van der Waals surface area (Å²) < 4.78 is 5.30. The average molecular weight is 362 g/mol. The van der Waals surface area contributed by atoms with Gasteiger partial charge in [0.05, 0.1) is 6.61 Å². The van der Waals surface area contributed by atoms with E-state index in [2.05, 4.69) is 6.92 Å². The van der Waals surface area contributed by atoms with Crippen LogP contribution in [-0.2, 0) is 16.0 Å². The highest BCUT2D eigenvalue weighted by Crippen LogP contribution is 2.12. The molecule has 0 unspecified atom stereocenters. The van der Waals surface area contributed by atoms with Crippen molar-refractivity contribution in [1.29, 1.82) is 0 Å². The molecule has 0 saturated heterocycles. The monoisotopic (exact) mass is 361 g/mol. The number of carbonyl (C=O) groups is 1. The van der Waals surface area contributed by atoms with Gasteiger partial charge < -0.3 is 10.5 Å². The van der Waals surface area contributed by atoms with Gasteiger partial charge in [0, 0.05) is 0 Å². The van der Waals surface area contributed by atoms with Crippen LogP contribution in [0.25, 0.3) is 0 Å². The van der Waals surface area contributed by atoms with Gasteiger partial charge in [-0.25, -0.2) is 0 Å². The summed E-state index contributed by atoms with van der Waals surface area (Å²) in [6, 6.07) is 9.28. The summed E-state index contributed by atoms with van der Waals surface area (Å²) in [5.74, 6) is -0.281. The van der Waals surface area contributed by atoms with Crippen molar-refractivity contribution in [3.63, 3.8) is 0 Å². The van der Waals surface area contributed by atoms with E-state index in [9.17, 15) is 4.79 Å². The van der Waals surface area contributed by atoms with E-state index in [0.717, 1.165) is 18.4 Å². The van der Waals surface area contributed by atoms with E-state index in [1.165, 1.54) is 64.2 Å². The summed E-state index contributed by atoms with van der Waals surface area (Å²) in [5, 5.41) is 0. The molecule has 26 heavy (non-hydrogen) atoms. The van der Waals surface area contributed by atoms with Crippen molar-refractivity contribution in [2.75, 3.05) is 6.61 Å². The van der Waals surface area contributed by atoms with Gasteiger partial charge in [-0.1, -0.05) is 108 Å². The second-order valence-electron chi connectivity index (χ2n) is 7.35. The van der Waals surface area contributed by atoms with Gasteiger partial charge in [0.15, 0.2) is 0 Å². The largest absolute Gasteiger partial charge is 0.465 e. The van der Waals surface area contributed by atoms with E-state index in [-0.39, 0.29) is 5.97 Å². The molecule has 0 aliphatic rings. The summed E-state index contributed by atoms with van der Waals surface area (Å²) in [4.78, 5) is 11.9. The number of ether oxygens (including phenoxy) is 1. The second kappa shape index (κ2) is 15.9. The average Bonchev–Trinajstić information content (AvgIpc) is 2.66. The van der Waals surface area contributed by atoms with Crippen molar-refractivity contribution >= 4 is 5.97 Å². The third kappa shape index (κ3) is 12.1. The minimum absolute atomic E-state index is 0.281. The molecular weight excluding hydrogens is 322 g/mol. The number of esters is 1. The Kier molecular flexibility index (Phi) is 13.8. The quantitative estimate of drug-likeness (QED) is 0.299. The van der Waals surface area contributed by atoms with Gasteiger partial charge in [-0.3, -0.25) is 4.79 Å². The van der Waals surface area contributed by atoms with Crippen LogP contribution >= 0.6 is 0 Å². The first-order valence-corrected chi connectivity index (χ1v) is 10.7. The predicted octanol–water partition coefficient (Wildman–Crippen LogP) is 5.80. The summed E-state index contributed by atoms with van der Waals surface area (Å²) in [7, 11) is 0. The van der Waals surface area contributed by atoms with E-state index < -0.39 is 6.04 Å². The molecule has 1 atom stereocenters. The molecule has 0 heterocycles. The first-order valence-electron chi connectivity index (χ1n) is 10.7. The van der Waals surface area contributed by atoms with Crippen molar-refractivity contribution in [3.05, 3.63) is 35.9 Å². The van der Waals surface area contributed by atoms with Crippen molar-refractivity contribution in [2.24, 2.45) is 5.73 Å². The number of hydrogen-bond acceptors (Lipinski definition) is 3. The van der Waals surface area contributed by atoms with Crippen molar-refractivity contribution < 1.29 is 9.53 Å². The number of unbranched alkanes of at least 4 members (excludes halogenated alkanes) is 11. The van der Waals surface area contributed by atoms with Crippen LogP contribution < -0.4 is 5.73 Å². The summed E-state index contributed by atoms with van der Waals surface area (Å²) in [6.45, 7) is 2.76. The molecule has 0 saturated carbocycles. The zero-order valence-electron chi connectivity index (χ0n) is 16.8. The molecule has 0 aliphatic carbocycles. The molecule has 1 aromatic carbocycles. The van der Waals surface area contributed by atoms with Crippen molar-refractivity contribution in [1.82, 2.24) is 0 Å². The lowest BCUT2D eigenvalue weighted by Crippen LogP contribution is -2.34. The van der Waals surface area contributed by atoms with Crippen molar-refractivity contribution in [2.45, 2.75) is 96.4 Å². The molecule has 3 nitrogen and oxygen atoms in total. The number of hydrogen-bond donors (Lipinski definition) is 1. The third-order valence-corrected chi connectivity index (χ3v) is 4.84. The smallest absolute Gasteiger partial charge is 0.323 e. The molecular formula is C23H39NO2. The second-order valence-corrected chi connectivity index (χ2v) is 7.35. The van der Waals surface area contributed by atoms with Crippen molar-refractivity contribution in [3.8, 4) is 0 Å². The Hall–Kier alpha value is -1.35. The van der Waals surface area contributed by atoms with Crippen LogP contribution in [0.15, 0.2) is 30.3 Å². The van der Waals surface area contributed by atoms with Gasteiger partial charge in [0.1, 0.15) is 6.04 Å². The van der Waals surface area contributed by atoms with Crippen LogP contribution in [0.5, 0.6) is 0 Å². The molecule has 2 N–H and O–H groups in total. The first kappa shape index (κ1) is 22.7. The van der Waals surface area contributed by atoms with Crippen LogP contribution in [0, 0.1) is 0 Å². The summed E-state index contributed by atoms with van der Waals surface area (Å²) >= 11 is 0. The van der Waals surface area contributed by atoms with Crippen LogP contribution in [0.2, 0.25) is 0 Å². The Bertz CT molecular complexity index is 447. The molecule has 0 aliphatic heterocycles. The van der Waals surface area contributed by atoms with Crippen LogP contribution in [0.1, 0.15) is 89.5 Å². The Morgan fingerprint density at radius 2 is 1.35 bits per heavy atom. The Labute approximate surface area is 160 Å². The Morgan fingerprint density at radius 3 is 1.88 bits per heavy atom. The molecule has 0 spiro atoms. The molecule has 148 valence electrons. The molecule has 1 rings (SSSR count). The first-order chi connectivity index (χ1) is 12.7. The fraction of sp³-hybridized carbons (Fsp3) is 0.696. The molecule has 0 fully saturated rings. The standard InChI is InChI=1S/C23H39NO2/c1-2-3-4-5-6-7-8-9-10-11-12-16-19-26-23(25)22(24)20-21-17-14-13-15-18-21/h13-15,17-18,22H,2-12,16,19-20,24H2,1H3/t22-/m0/s1. The fourth-order valence-electron chi connectivity index (χ4n) is 3.17. The van der Waals surface area contributed by atoms with E-state index in [0.29, 0.717) is 13.0 Å². The SMILES string of the molecule is CCCCCCCCCCCCCCOC(=O)[C@@H](N)Cc1ccccc1. The topological polar surface area (TPSA) is 52.3 Å². The lowest BCUT2D eigenvalue weighted by Gasteiger charge is -2.11. The minimum Gasteiger partial charge on any atom is -0.465 e. The van der Waals surface area contributed by atoms with Crippen LogP contribution in [0.4, 0.5) is 0 Å². The molecule has 0 radical (unpaired) electrons. The molecule has 0 aromatic heterocycles. The van der Waals surface area contributed by atoms with E-state index >= 15 is 0 Å². The zero-order chi connectivity index (χ0) is 18.9. The zero-order valence-corrected chi connectivity index (χ0v) is 16.8. The third-order valence-electron chi connectivity index (χ3n) is 4.84. The maximum atomic E-state index is 11.9. The highest BCUT2D eigenvalue weighted by atomic mass is 16.5. The maximum absolute atomic E-state index is 11.9. The highest BCUT2D eigenvalue weighted by Gasteiger charge is 2.15. The molecule has 3 heteroatoms. The molecule has 0 amide bonds. The number of rotatable bonds is 16. The number of carbonyl (C=O) groups excluding carboxylic acids is 1. The van der Waals surface area contributed by atoms with Gasteiger partial charge in [-0.15, -0.1) is 0 Å². The van der Waals surface area contributed by atoms with E-state index in [4.69, 9.17) is 10.5 Å². The predicted molar refractivity (Wildman–Crippen MR) is 110 cm³/mol. The summed E-state index contributed by atoms with van der Waals surface area (Å²) in [5.41, 5.74) is 6.99. The Morgan fingerprint density at radius 1 is 0.846 bits per heavy atom. The number of nitrogens with two attached hydrogens (primary N) is 1. The number of benzene rings is 1. The molecule has 1 aromatic rings. The minimum atomic E-state index is -0.560. The van der Waals surface area contributed by atoms with Crippen LogP contribution in [0.3, 0.4) is 0 Å². The molecule has 0 bridgehead atoms. The van der Waals surface area contributed by atoms with Gasteiger partial charge in [0.25, 0.3) is 0 Å². The van der Waals surface area contributed by atoms with Gasteiger partial charge in [-0.2, -0.15) is 0 Å². The van der Waals surface area contributed by atoms with Gasteiger partial charge in [-0.05, 0) is 18.4 Å². The van der Waals surface area contributed by atoms with E-state index in [1.54, 1.807) is 0 Å². The normalized spacial score (nSPS) is 12.1. The summed E-state index contributed by atoms with van der Waals surface area (Å²) in [6.07, 6.45) is 16.2. The Balaban J connectivity index is 1.88. The van der Waals surface area contributed by atoms with Gasteiger partial charge in [0.2, 0.25) is 0 Å². The lowest BCUT2D eigenvalue weighted by molar-refractivity contribution is -0.145. The highest BCUT2D eigenvalue weighted by molar-refractivity contribution is 5.75.